The summed E-state index contributed by atoms with van der Waals surface area (Å²) in [6.07, 6.45) is -0.901. The summed E-state index contributed by atoms with van der Waals surface area (Å²) in [6, 6.07) is 6.15. The molecule has 4 nitrogen and oxygen atoms in total. The zero-order valence-electron chi connectivity index (χ0n) is 9.40. The molecule has 0 bridgehead atoms. The van der Waals surface area contributed by atoms with Crippen LogP contribution in [0, 0.1) is 5.82 Å². The van der Waals surface area contributed by atoms with Gasteiger partial charge in [-0.3, -0.25) is 9.69 Å². The monoisotopic (exact) mass is 238 g/mol. The predicted molar refractivity (Wildman–Crippen MR) is 60.8 cm³/mol. The molecule has 0 radical (unpaired) electrons. The van der Waals surface area contributed by atoms with Gasteiger partial charge in [0.05, 0.1) is 12.6 Å². The van der Waals surface area contributed by atoms with Crippen molar-refractivity contribution in [2.24, 2.45) is 0 Å². The molecule has 1 atom stereocenters. The standard InChI is InChI=1S/C12H15FN2O2/c13-10-4-2-1-3-9(10)11(16)7-15-6-5-14-12(17)8-15/h1-4,11,16H,5-8H2,(H,14,17)/t11-/m1/s1. The quantitative estimate of drug-likeness (QED) is 0.796. The number of carbonyl (C=O) groups excluding carboxylic acids is 1. The highest BCUT2D eigenvalue weighted by atomic mass is 19.1. The molecule has 1 amide bonds. The van der Waals surface area contributed by atoms with Gasteiger partial charge in [-0.15, -0.1) is 0 Å². The highest BCUT2D eigenvalue weighted by molar-refractivity contribution is 5.78. The topological polar surface area (TPSA) is 52.6 Å². The maximum Gasteiger partial charge on any atom is 0.234 e. The average Bonchev–Trinajstić information content (AvgIpc) is 2.29. The van der Waals surface area contributed by atoms with Gasteiger partial charge in [0.15, 0.2) is 0 Å². The van der Waals surface area contributed by atoms with Gasteiger partial charge in [-0.05, 0) is 6.07 Å². The molecule has 1 heterocycles. The lowest BCUT2D eigenvalue weighted by molar-refractivity contribution is -0.124. The number of β-amino-alcohol motifs (C(OH)–C–C–N with tert-alkyl or cyclic N) is 1. The number of hydrogen-bond donors (Lipinski definition) is 2. The summed E-state index contributed by atoms with van der Waals surface area (Å²) >= 11 is 0. The van der Waals surface area contributed by atoms with Crippen molar-refractivity contribution in [1.82, 2.24) is 10.2 Å². The zero-order chi connectivity index (χ0) is 12.3. The van der Waals surface area contributed by atoms with Crippen molar-refractivity contribution in [1.29, 1.82) is 0 Å². The number of carbonyl (C=O) groups is 1. The summed E-state index contributed by atoms with van der Waals surface area (Å²) in [5.41, 5.74) is 0.276. The first-order chi connectivity index (χ1) is 8.16. The lowest BCUT2D eigenvalue weighted by Gasteiger charge is -2.28. The molecule has 1 aromatic rings. The fourth-order valence-electron chi connectivity index (χ4n) is 1.94. The Labute approximate surface area is 99.0 Å². The molecule has 2 N–H and O–H groups in total. The van der Waals surface area contributed by atoms with Crippen molar-refractivity contribution in [3.05, 3.63) is 35.6 Å². The molecule has 0 aliphatic carbocycles. The summed E-state index contributed by atoms with van der Waals surface area (Å²) in [5, 5.41) is 12.6. The number of halogens is 1. The van der Waals surface area contributed by atoms with Crippen LogP contribution in [0.25, 0.3) is 0 Å². The fourth-order valence-corrected chi connectivity index (χ4v) is 1.94. The molecule has 92 valence electrons. The van der Waals surface area contributed by atoms with Gasteiger partial charge < -0.3 is 10.4 Å². The Morgan fingerprint density at radius 1 is 1.47 bits per heavy atom. The number of benzene rings is 1. The van der Waals surface area contributed by atoms with Crippen LogP contribution in [0.1, 0.15) is 11.7 Å². The van der Waals surface area contributed by atoms with Crippen molar-refractivity contribution in [2.45, 2.75) is 6.10 Å². The molecular weight excluding hydrogens is 223 g/mol. The van der Waals surface area contributed by atoms with Gasteiger partial charge >= 0.3 is 0 Å². The van der Waals surface area contributed by atoms with Crippen molar-refractivity contribution < 1.29 is 14.3 Å². The Morgan fingerprint density at radius 3 is 2.94 bits per heavy atom. The zero-order valence-corrected chi connectivity index (χ0v) is 9.40. The Hall–Kier alpha value is -1.46. The molecule has 1 fully saturated rings. The first-order valence-electron chi connectivity index (χ1n) is 5.58. The van der Waals surface area contributed by atoms with E-state index < -0.39 is 11.9 Å². The summed E-state index contributed by atoms with van der Waals surface area (Å²) in [4.78, 5) is 13.0. The van der Waals surface area contributed by atoms with E-state index in [2.05, 4.69) is 5.32 Å². The number of aliphatic hydroxyl groups excluding tert-OH is 1. The number of nitrogens with one attached hydrogen (secondary N) is 1. The summed E-state index contributed by atoms with van der Waals surface area (Å²) in [6.45, 7) is 1.78. The summed E-state index contributed by atoms with van der Waals surface area (Å²) in [5.74, 6) is -0.474. The van der Waals surface area contributed by atoms with E-state index in [4.69, 9.17) is 0 Å². The van der Waals surface area contributed by atoms with E-state index in [1.807, 2.05) is 4.90 Å². The number of aliphatic hydroxyl groups is 1. The fraction of sp³-hybridized carbons (Fsp3) is 0.417. The number of amides is 1. The highest BCUT2D eigenvalue weighted by Gasteiger charge is 2.20. The molecule has 0 unspecified atom stereocenters. The van der Waals surface area contributed by atoms with Crippen LogP contribution in [0.5, 0.6) is 0 Å². The number of piperazine rings is 1. The van der Waals surface area contributed by atoms with Crippen LogP contribution in [0.15, 0.2) is 24.3 Å². The third kappa shape index (κ3) is 3.01. The maximum atomic E-state index is 13.4. The smallest absolute Gasteiger partial charge is 0.234 e. The molecule has 1 aromatic carbocycles. The van der Waals surface area contributed by atoms with E-state index in [0.717, 1.165) is 0 Å². The maximum absolute atomic E-state index is 13.4. The Morgan fingerprint density at radius 2 is 2.24 bits per heavy atom. The molecule has 0 spiro atoms. The van der Waals surface area contributed by atoms with E-state index >= 15 is 0 Å². The van der Waals surface area contributed by atoms with Gasteiger partial charge in [-0.1, -0.05) is 18.2 Å². The number of nitrogens with zero attached hydrogens (tertiary/aromatic N) is 1. The van der Waals surface area contributed by atoms with E-state index in [-0.39, 0.29) is 24.6 Å². The predicted octanol–water partition coefficient (Wildman–Crippen LogP) is 0.291. The first-order valence-corrected chi connectivity index (χ1v) is 5.58. The van der Waals surface area contributed by atoms with Crippen LogP contribution in [0.2, 0.25) is 0 Å². The lowest BCUT2D eigenvalue weighted by atomic mass is 10.1. The SMILES string of the molecule is O=C1CN(C[C@@H](O)c2ccccc2F)CCN1. The Kier molecular flexibility index (Phi) is 3.71. The van der Waals surface area contributed by atoms with Gasteiger partial charge in [0, 0.05) is 25.2 Å². The minimum Gasteiger partial charge on any atom is -0.387 e. The van der Waals surface area contributed by atoms with Gasteiger partial charge in [-0.25, -0.2) is 4.39 Å². The molecule has 5 heteroatoms. The van der Waals surface area contributed by atoms with Crippen LogP contribution in [-0.2, 0) is 4.79 Å². The molecule has 0 aromatic heterocycles. The molecule has 1 saturated heterocycles. The molecule has 0 saturated carbocycles. The van der Waals surface area contributed by atoms with Gasteiger partial charge in [0.25, 0.3) is 0 Å². The number of rotatable bonds is 3. The normalized spacial score (nSPS) is 18.8. The number of hydrogen-bond acceptors (Lipinski definition) is 3. The van der Waals surface area contributed by atoms with Crippen LogP contribution >= 0.6 is 0 Å². The van der Waals surface area contributed by atoms with E-state index in [0.29, 0.717) is 13.1 Å². The van der Waals surface area contributed by atoms with Crippen LogP contribution in [0.4, 0.5) is 4.39 Å². The summed E-state index contributed by atoms with van der Waals surface area (Å²) in [7, 11) is 0. The van der Waals surface area contributed by atoms with Gasteiger partial charge in [-0.2, -0.15) is 0 Å². The minimum atomic E-state index is -0.901. The lowest BCUT2D eigenvalue weighted by Crippen LogP contribution is -2.48. The molecule has 1 aliphatic rings. The van der Waals surface area contributed by atoms with Crippen LogP contribution < -0.4 is 5.32 Å². The molecule has 2 rings (SSSR count). The van der Waals surface area contributed by atoms with E-state index in [1.54, 1.807) is 18.2 Å². The Bertz CT molecular complexity index is 411. The largest absolute Gasteiger partial charge is 0.387 e. The molecule has 17 heavy (non-hydrogen) atoms. The van der Waals surface area contributed by atoms with Crippen molar-refractivity contribution >= 4 is 5.91 Å². The second-order valence-corrected chi connectivity index (χ2v) is 4.12. The van der Waals surface area contributed by atoms with Gasteiger partial charge in [0.2, 0.25) is 5.91 Å². The first kappa shape index (κ1) is 12.0. The highest BCUT2D eigenvalue weighted by Crippen LogP contribution is 2.17. The van der Waals surface area contributed by atoms with E-state index in [1.165, 1.54) is 6.07 Å². The van der Waals surface area contributed by atoms with Crippen molar-refractivity contribution in [3.63, 3.8) is 0 Å². The second-order valence-electron chi connectivity index (χ2n) is 4.12. The second kappa shape index (κ2) is 5.25. The minimum absolute atomic E-state index is 0.0583. The molecule has 1 aliphatic heterocycles. The van der Waals surface area contributed by atoms with Crippen molar-refractivity contribution in [3.8, 4) is 0 Å². The third-order valence-electron chi connectivity index (χ3n) is 2.81. The average molecular weight is 238 g/mol. The molecular formula is C12H15FN2O2. The van der Waals surface area contributed by atoms with E-state index in [9.17, 15) is 14.3 Å². The summed E-state index contributed by atoms with van der Waals surface area (Å²) < 4.78 is 13.4. The van der Waals surface area contributed by atoms with Crippen molar-refractivity contribution in [2.75, 3.05) is 26.2 Å². The van der Waals surface area contributed by atoms with Gasteiger partial charge in [0.1, 0.15) is 5.82 Å². The third-order valence-corrected chi connectivity index (χ3v) is 2.81. The van der Waals surface area contributed by atoms with Crippen LogP contribution in [0.3, 0.4) is 0 Å². The Balaban J connectivity index is 1.99. The van der Waals surface area contributed by atoms with Crippen LogP contribution in [-0.4, -0.2) is 42.1 Å².